The molecule has 1 aliphatic carbocycles. The van der Waals surface area contributed by atoms with Crippen molar-refractivity contribution in [3.63, 3.8) is 0 Å². The molecule has 0 fully saturated rings. The van der Waals surface area contributed by atoms with E-state index in [0.29, 0.717) is 5.56 Å². The predicted molar refractivity (Wildman–Crippen MR) is 223 cm³/mol. The molecule has 0 saturated carbocycles. The van der Waals surface area contributed by atoms with Gasteiger partial charge in [0.2, 0.25) is 11.4 Å². The summed E-state index contributed by atoms with van der Waals surface area (Å²) in [6, 6.07) is 36.1. The summed E-state index contributed by atoms with van der Waals surface area (Å²) in [6.45, 7) is 6.32. The molecule has 1 N–H and O–H groups in total. The van der Waals surface area contributed by atoms with Crippen molar-refractivity contribution in [3.8, 4) is 0 Å². The maximum atomic E-state index is 12.7. The number of para-hydroxylation sites is 2. The van der Waals surface area contributed by atoms with Crippen LogP contribution in [0.25, 0.3) is 5.57 Å². The molecule has 0 aliphatic heterocycles. The molecule has 0 heterocycles. The Morgan fingerprint density at radius 3 is 1.74 bits per heavy atom. The summed E-state index contributed by atoms with van der Waals surface area (Å²) in [5, 5.41) is 0. The lowest BCUT2D eigenvalue weighted by Gasteiger charge is -2.26. The van der Waals surface area contributed by atoms with Crippen LogP contribution >= 0.6 is 0 Å². The van der Waals surface area contributed by atoms with Gasteiger partial charge < -0.3 is 4.90 Å². The van der Waals surface area contributed by atoms with E-state index in [1.54, 1.807) is 12.1 Å². The van der Waals surface area contributed by atoms with E-state index in [4.69, 9.17) is 0 Å². The highest BCUT2D eigenvalue weighted by atomic mass is 32.2. The Balaban J connectivity index is 1.51. The molecule has 0 amide bonds. The maximum Gasteiger partial charge on any atom is 0.295 e. The van der Waals surface area contributed by atoms with Gasteiger partial charge in [0.05, 0.1) is 0 Å². The molecule has 5 nitrogen and oxygen atoms in total. The minimum Gasteiger partial charge on any atom is -0.341 e. The second kappa shape index (κ2) is 20.6. The van der Waals surface area contributed by atoms with Crippen molar-refractivity contribution >= 4 is 38.5 Å². The molecular formula is C47H57N2O3S+. The summed E-state index contributed by atoms with van der Waals surface area (Å²) in [5.41, 5.74) is 7.42. The molecule has 0 saturated heterocycles. The van der Waals surface area contributed by atoms with Gasteiger partial charge in [-0.25, -0.2) is 0 Å². The third-order valence-corrected chi connectivity index (χ3v) is 10.9. The Labute approximate surface area is 318 Å². The second-order valence-corrected chi connectivity index (χ2v) is 15.3. The lowest BCUT2D eigenvalue weighted by molar-refractivity contribution is -0.439. The van der Waals surface area contributed by atoms with Gasteiger partial charge in [0.25, 0.3) is 10.1 Å². The molecule has 278 valence electrons. The molecule has 6 heteroatoms. The fraction of sp³-hybridized carbons (Fsp3) is 0.340. The second-order valence-electron chi connectivity index (χ2n) is 13.9. The molecule has 1 aliphatic rings. The summed E-state index contributed by atoms with van der Waals surface area (Å²) in [5.74, 6) is 0. The topological polar surface area (TPSA) is 60.6 Å². The Bertz CT molecular complexity index is 1940. The number of allylic oxidation sites excluding steroid dienone is 5. The van der Waals surface area contributed by atoms with Crippen LogP contribution in [0.5, 0.6) is 0 Å². The van der Waals surface area contributed by atoms with Gasteiger partial charge in [0, 0.05) is 54.2 Å². The molecule has 0 radical (unpaired) electrons. The maximum absolute atomic E-state index is 12.7. The summed E-state index contributed by atoms with van der Waals surface area (Å²) in [6.07, 6.45) is 23.1. The van der Waals surface area contributed by atoms with Crippen LogP contribution in [0, 0.1) is 0 Å². The van der Waals surface area contributed by atoms with Gasteiger partial charge in [-0.2, -0.15) is 13.0 Å². The van der Waals surface area contributed by atoms with E-state index < -0.39 is 10.1 Å². The van der Waals surface area contributed by atoms with Gasteiger partial charge in [0.1, 0.15) is 11.4 Å². The standard InChI is InChI=1S/C47H56N2O3S/c1-3-5-7-9-11-21-37-48(41-23-15-13-16-24-41)43-33-29-39(30-34-43)47(45-27-19-20-28-46(45)53(50,51)52)40-31-35-44(36-32-40)49(42-25-17-14-18-26-42)38-22-12-10-8-6-4-2/h13-20,23-36H,3-12,21-22,37-38H2,1-2H3/p+1. The summed E-state index contributed by atoms with van der Waals surface area (Å²) in [4.78, 5) is 2.26. The van der Waals surface area contributed by atoms with Crippen molar-refractivity contribution in [2.24, 2.45) is 0 Å². The first-order valence-electron chi connectivity index (χ1n) is 19.7. The fourth-order valence-corrected chi connectivity index (χ4v) is 7.82. The molecule has 0 atom stereocenters. The average molecular weight is 730 g/mol. The van der Waals surface area contributed by atoms with Gasteiger partial charge in [-0.1, -0.05) is 138 Å². The summed E-state index contributed by atoms with van der Waals surface area (Å²) in [7, 11) is -4.48. The van der Waals surface area contributed by atoms with E-state index in [-0.39, 0.29) is 4.90 Å². The Morgan fingerprint density at radius 1 is 0.585 bits per heavy atom. The first-order valence-corrected chi connectivity index (χ1v) is 21.1. The van der Waals surface area contributed by atoms with Crippen molar-refractivity contribution < 1.29 is 17.5 Å². The van der Waals surface area contributed by atoms with Crippen LogP contribution in [0.4, 0.5) is 17.1 Å². The minimum absolute atomic E-state index is 0.105. The number of unbranched alkanes of at least 4 members (excludes halogenated alkanes) is 10. The number of benzene rings is 4. The number of nitrogens with zero attached hydrogens (tertiary/aromatic N) is 2. The van der Waals surface area contributed by atoms with Crippen LogP contribution in [0.1, 0.15) is 102 Å². The lowest BCUT2D eigenvalue weighted by atomic mass is 9.90. The molecule has 53 heavy (non-hydrogen) atoms. The third-order valence-electron chi connectivity index (χ3n) is 9.98. The number of hydrogen-bond donors (Lipinski definition) is 1. The predicted octanol–water partition coefficient (Wildman–Crippen LogP) is 12.5. The Hall–Kier alpha value is -4.52. The zero-order chi connectivity index (χ0) is 37.3. The fourth-order valence-electron chi connectivity index (χ4n) is 7.12. The molecule has 0 bridgehead atoms. The number of hydrogen-bond acceptors (Lipinski definition) is 3. The SMILES string of the molecule is CCCCCCCCN(c1ccccc1)c1ccc(C(=C2C=CC(=[N+](CCCCCCCC)c3ccccc3)C=C2)c2ccccc2S(=O)(=O)O)cc1. The third kappa shape index (κ3) is 11.5. The van der Waals surface area contributed by atoms with Gasteiger partial charge in [-0.15, -0.1) is 0 Å². The molecule has 4 aromatic carbocycles. The van der Waals surface area contributed by atoms with E-state index in [1.165, 1.54) is 70.3 Å². The molecule has 5 rings (SSSR count). The highest BCUT2D eigenvalue weighted by molar-refractivity contribution is 7.86. The van der Waals surface area contributed by atoms with Crippen LogP contribution in [0.3, 0.4) is 0 Å². The van der Waals surface area contributed by atoms with Crippen LogP contribution in [-0.4, -0.2) is 36.3 Å². The first kappa shape index (κ1) is 39.7. The summed E-state index contributed by atoms with van der Waals surface area (Å²) < 4.78 is 38.1. The number of anilines is 2. The zero-order valence-electron chi connectivity index (χ0n) is 31.7. The van der Waals surface area contributed by atoms with Gasteiger partial charge in [0.15, 0.2) is 0 Å². The normalized spacial score (nSPS) is 12.7. The molecule has 4 aromatic rings. The van der Waals surface area contributed by atoms with E-state index >= 15 is 0 Å². The van der Waals surface area contributed by atoms with E-state index in [0.717, 1.165) is 65.4 Å². The number of rotatable bonds is 20. The van der Waals surface area contributed by atoms with Crippen molar-refractivity contribution in [1.82, 2.24) is 0 Å². The lowest BCUT2D eigenvalue weighted by Crippen LogP contribution is -2.18. The monoisotopic (exact) mass is 729 g/mol. The highest BCUT2D eigenvalue weighted by Gasteiger charge is 2.23. The van der Waals surface area contributed by atoms with Crippen molar-refractivity contribution in [3.05, 3.63) is 150 Å². The molecular weight excluding hydrogens is 673 g/mol. The van der Waals surface area contributed by atoms with E-state index in [9.17, 15) is 13.0 Å². The van der Waals surface area contributed by atoms with Gasteiger partial charge >= 0.3 is 0 Å². The van der Waals surface area contributed by atoms with Crippen LogP contribution < -0.4 is 4.90 Å². The van der Waals surface area contributed by atoms with Crippen LogP contribution in [-0.2, 0) is 10.1 Å². The Kier molecular flexibility index (Phi) is 15.5. The zero-order valence-corrected chi connectivity index (χ0v) is 32.5. The van der Waals surface area contributed by atoms with Crippen LogP contribution in [0.15, 0.2) is 144 Å². The molecule has 0 aromatic heterocycles. The molecule has 0 unspecified atom stereocenters. The Morgan fingerprint density at radius 2 is 1.11 bits per heavy atom. The first-order chi connectivity index (χ1) is 25.9. The summed E-state index contributed by atoms with van der Waals surface area (Å²) >= 11 is 0. The van der Waals surface area contributed by atoms with Crippen LogP contribution in [0.2, 0.25) is 0 Å². The minimum atomic E-state index is -4.48. The molecule has 0 spiro atoms. The largest absolute Gasteiger partial charge is 0.341 e. The smallest absolute Gasteiger partial charge is 0.295 e. The van der Waals surface area contributed by atoms with Gasteiger partial charge in [-0.05, 0) is 72.0 Å². The van der Waals surface area contributed by atoms with Gasteiger partial charge in [-0.3, -0.25) is 4.55 Å². The van der Waals surface area contributed by atoms with Crippen molar-refractivity contribution in [1.29, 1.82) is 0 Å². The van der Waals surface area contributed by atoms with E-state index in [2.05, 4.69) is 120 Å². The van der Waals surface area contributed by atoms with E-state index in [1.807, 2.05) is 18.2 Å². The average Bonchev–Trinajstić information content (AvgIpc) is 3.19. The quantitative estimate of drug-likeness (QED) is 0.0559. The van der Waals surface area contributed by atoms with Crippen molar-refractivity contribution in [2.75, 3.05) is 18.0 Å². The highest BCUT2D eigenvalue weighted by Crippen LogP contribution is 2.36. The van der Waals surface area contributed by atoms with Crippen molar-refractivity contribution in [2.45, 2.75) is 95.8 Å².